The summed E-state index contributed by atoms with van der Waals surface area (Å²) in [5, 5.41) is 9.00. The third-order valence-corrected chi connectivity index (χ3v) is 2.48. The molecule has 0 radical (unpaired) electrons. The Morgan fingerprint density at radius 1 is 1.53 bits per heavy atom. The van der Waals surface area contributed by atoms with Crippen LogP contribution in [0.2, 0.25) is 0 Å². The summed E-state index contributed by atoms with van der Waals surface area (Å²) >= 11 is 0. The van der Waals surface area contributed by atoms with Gasteiger partial charge in [-0.15, -0.1) is 0 Å². The Labute approximate surface area is 98.3 Å². The van der Waals surface area contributed by atoms with Crippen molar-refractivity contribution in [2.45, 2.75) is 13.5 Å². The summed E-state index contributed by atoms with van der Waals surface area (Å²) in [6, 6.07) is 1.89. The van der Waals surface area contributed by atoms with E-state index in [1.165, 1.54) is 6.20 Å². The second kappa shape index (κ2) is 4.65. The number of anilines is 1. The molecule has 4 N–H and O–H groups in total. The smallest absolute Gasteiger partial charge is 0.271 e. The third kappa shape index (κ3) is 2.41. The van der Waals surface area contributed by atoms with E-state index in [9.17, 15) is 4.79 Å². The summed E-state index contributed by atoms with van der Waals surface area (Å²) in [6.07, 6.45) is 4.85. The Kier molecular flexibility index (Phi) is 3.04. The molecule has 2 heterocycles. The fraction of sp³-hybridized carbons (Fsp3) is 0.182. The van der Waals surface area contributed by atoms with Crippen LogP contribution in [0.4, 0.5) is 5.69 Å². The number of aromatic amines is 1. The topological polar surface area (TPSA) is 96.7 Å². The van der Waals surface area contributed by atoms with Gasteiger partial charge in [0.2, 0.25) is 0 Å². The summed E-state index contributed by atoms with van der Waals surface area (Å²) in [6.45, 7) is 2.38. The van der Waals surface area contributed by atoms with Crippen LogP contribution in [-0.4, -0.2) is 21.1 Å². The number of aryl methyl sites for hydroxylation is 1. The molecule has 0 unspecified atom stereocenters. The van der Waals surface area contributed by atoms with Crippen molar-refractivity contribution < 1.29 is 4.79 Å². The Balaban J connectivity index is 2.02. The molecule has 0 bridgehead atoms. The molecule has 0 saturated heterocycles. The predicted molar refractivity (Wildman–Crippen MR) is 63.1 cm³/mol. The number of pyridine rings is 1. The van der Waals surface area contributed by atoms with Crippen LogP contribution in [0.5, 0.6) is 0 Å². The van der Waals surface area contributed by atoms with Gasteiger partial charge in [0.1, 0.15) is 5.69 Å². The Hall–Kier alpha value is -2.37. The first-order chi connectivity index (χ1) is 8.18. The molecule has 0 aliphatic carbocycles. The van der Waals surface area contributed by atoms with Gasteiger partial charge in [0, 0.05) is 18.9 Å². The lowest BCUT2D eigenvalue weighted by atomic mass is 10.1. The van der Waals surface area contributed by atoms with E-state index in [-0.39, 0.29) is 11.6 Å². The van der Waals surface area contributed by atoms with Gasteiger partial charge < -0.3 is 11.1 Å². The van der Waals surface area contributed by atoms with Crippen LogP contribution in [-0.2, 0) is 6.54 Å². The summed E-state index contributed by atoms with van der Waals surface area (Å²) in [7, 11) is 0. The molecule has 2 aromatic rings. The van der Waals surface area contributed by atoms with Crippen molar-refractivity contribution >= 4 is 11.6 Å². The van der Waals surface area contributed by atoms with E-state index in [2.05, 4.69) is 20.5 Å². The van der Waals surface area contributed by atoms with Crippen molar-refractivity contribution in [1.82, 2.24) is 20.5 Å². The predicted octanol–water partition coefficient (Wildman–Crippen LogP) is 0.625. The lowest BCUT2D eigenvalue weighted by Gasteiger charge is -2.06. The van der Waals surface area contributed by atoms with E-state index in [4.69, 9.17) is 5.73 Å². The number of nitrogens with two attached hydrogens (primary N) is 1. The van der Waals surface area contributed by atoms with E-state index in [0.29, 0.717) is 12.2 Å². The number of nitrogen functional groups attached to an aromatic ring is 1. The van der Waals surface area contributed by atoms with Gasteiger partial charge in [0.05, 0.1) is 11.9 Å². The molecule has 0 saturated carbocycles. The molecule has 6 heteroatoms. The fourth-order valence-electron chi connectivity index (χ4n) is 1.42. The monoisotopic (exact) mass is 231 g/mol. The van der Waals surface area contributed by atoms with E-state index in [1.807, 2.05) is 13.0 Å². The highest BCUT2D eigenvalue weighted by Crippen LogP contribution is 2.07. The minimum absolute atomic E-state index is 0.275. The Bertz CT molecular complexity index is 534. The molecule has 0 aliphatic rings. The molecule has 0 fully saturated rings. The molecule has 2 aromatic heterocycles. The van der Waals surface area contributed by atoms with E-state index in [1.54, 1.807) is 12.4 Å². The normalized spacial score (nSPS) is 10.2. The second-order valence-corrected chi connectivity index (χ2v) is 3.69. The first-order valence-corrected chi connectivity index (χ1v) is 5.15. The SMILES string of the molecule is Cc1ccncc1CNC(=O)c1[nH]ncc1N. The molecule has 17 heavy (non-hydrogen) atoms. The Morgan fingerprint density at radius 2 is 2.35 bits per heavy atom. The summed E-state index contributed by atoms with van der Waals surface area (Å²) < 4.78 is 0. The van der Waals surface area contributed by atoms with Crippen LogP contribution in [0.15, 0.2) is 24.7 Å². The largest absolute Gasteiger partial charge is 0.396 e. The number of hydrogen-bond donors (Lipinski definition) is 3. The van der Waals surface area contributed by atoms with Crippen molar-refractivity contribution in [2.24, 2.45) is 0 Å². The van der Waals surface area contributed by atoms with E-state index in [0.717, 1.165) is 11.1 Å². The number of aromatic nitrogens is 3. The zero-order valence-electron chi connectivity index (χ0n) is 9.40. The van der Waals surface area contributed by atoms with Crippen molar-refractivity contribution in [3.63, 3.8) is 0 Å². The highest BCUT2D eigenvalue weighted by atomic mass is 16.1. The number of rotatable bonds is 3. The van der Waals surface area contributed by atoms with E-state index < -0.39 is 0 Å². The first-order valence-electron chi connectivity index (χ1n) is 5.15. The van der Waals surface area contributed by atoms with Gasteiger partial charge in [0.15, 0.2) is 0 Å². The molecule has 1 amide bonds. The maximum absolute atomic E-state index is 11.7. The van der Waals surface area contributed by atoms with E-state index >= 15 is 0 Å². The Morgan fingerprint density at radius 3 is 3.00 bits per heavy atom. The minimum atomic E-state index is -0.275. The van der Waals surface area contributed by atoms with Gasteiger partial charge in [-0.3, -0.25) is 14.9 Å². The maximum Gasteiger partial charge on any atom is 0.271 e. The van der Waals surface area contributed by atoms with Gasteiger partial charge in [-0.2, -0.15) is 5.10 Å². The molecular formula is C11H13N5O. The van der Waals surface area contributed by atoms with Crippen molar-refractivity contribution in [1.29, 1.82) is 0 Å². The molecule has 0 atom stereocenters. The number of H-pyrrole nitrogens is 1. The number of nitrogens with one attached hydrogen (secondary N) is 2. The highest BCUT2D eigenvalue weighted by molar-refractivity contribution is 5.96. The number of carbonyl (C=O) groups excluding carboxylic acids is 1. The molecule has 6 nitrogen and oxygen atoms in total. The lowest BCUT2D eigenvalue weighted by molar-refractivity contribution is 0.0946. The highest BCUT2D eigenvalue weighted by Gasteiger charge is 2.11. The number of hydrogen-bond acceptors (Lipinski definition) is 4. The number of nitrogens with zero attached hydrogens (tertiary/aromatic N) is 2. The van der Waals surface area contributed by atoms with Crippen LogP contribution in [0.25, 0.3) is 0 Å². The summed E-state index contributed by atoms with van der Waals surface area (Å²) in [5.41, 5.74) is 8.25. The molecule has 0 aliphatic heterocycles. The molecule has 2 rings (SSSR count). The maximum atomic E-state index is 11.7. The standard InChI is InChI=1S/C11H13N5O/c1-7-2-3-13-4-8(7)5-14-11(17)10-9(12)6-15-16-10/h2-4,6H,5,12H2,1H3,(H,14,17)(H,15,16). The van der Waals surface area contributed by atoms with Crippen LogP contribution in [0.3, 0.4) is 0 Å². The van der Waals surface area contributed by atoms with Gasteiger partial charge in [-0.25, -0.2) is 0 Å². The average molecular weight is 231 g/mol. The van der Waals surface area contributed by atoms with Crippen LogP contribution < -0.4 is 11.1 Å². The molecule has 0 spiro atoms. The molecule has 88 valence electrons. The van der Waals surface area contributed by atoms with Gasteiger partial charge in [0.25, 0.3) is 5.91 Å². The minimum Gasteiger partial charge on any atom is -0.396 e. The van der Waals surface area contributed by atoms with Gasteiger partial charge in [-0.05, 0) is 24.1 Å². The molecule has 0 aromatic carbocycles. The van der Waals surface area contributed by atoms with Crippen LogP contribution in [0, 0.1) is 6.92 Å². The molecular weight excluding hydrogens is 218 g/mol. The van der Waals surface area contributed by atoms with Crippen molar-refractivity contribution in [3.8, 4) is 0 Å². The summed E-state index contributed by atoms with van der Waals surface area (Å²) in [5.74, 6) is -0.275. The number of amides is 1. The average Bonchev–Trinajstić information content (AvgIpc) is 2.74. The first kappa shape index (κ1) is 11.1. The zero-order chi connectivity index (χ0) is 12.3. The van der Waals surface area contributed by atoms with Crippen LogP contribution in [0.1, 0.15) is 21.6 Å². The van der Waals surface area contributed by atoms with Crippen molar-refractivity contribution in [3.05, 3.63) is 41.5 Å². The van der Waals surface area contributed by atoms with Gasteiger partial charge in [-0.1, -0.05) is 0 Å². The van der Waals surface area contributed by atoms with Crippen LogP contribution >= 0.6 is 0 Å². The second-order valence-electron chi connectivity index (χ2n) is 3.69. The van der Waals surface area contributed by atoms with Crippen molar-refractivity contribution in [2.75, 3.05) is 5.73 Å². The number of carbonyl (C=O) groups is 1. The zero-order valence-corrected chi connectivity index (χ0v) is 9.40. The quantitative estimate of drug-likeness (QED) is 0.721. The van der Waals surface area contributed by atoms with Gasteiger partial charge >= 0.3 is 0 Å². The summed E-state index contributed by atoms with van der Waals surface area (Å²) in [4.78, 5) is 15.7. The fourth-order valence-corrected chi connectivity index (χ4v) is 1.42. The lowest BCUT2D eigenvalue weighted by Crippen LogP contribution is -2.24. The third-order valence-electron chi connectivity index (χ3n) is 2.48.